The van der Waals surface area contributed by atoms with Crippen molar-refractivity contribution in [2.24, 2.45) is 5.92 Å². The van der Waals surface area contributed by atoms with Crippen LogP contribution in [0.3, 0.4) is 0 Å². The highest BCUT2D eigenvalue weighted by atomic mass is 16.1. The molecule has 1 saturated heterocycles. The monoisotopic (exact) mass is 257 g/mol. The van der Waals surface area contributed by atoms with E-state index < -0.39 is 0 Å². The first-order chi connectivity index (χ1) is 9.34. The summed E-state index contributed by atoms with van der Waals surface area (Å²) in [5.41, 5.74) is 1.22. The molecule has 1 aromatic rings. The van der Waals surface area contributed by atoms with E-state index in [1.807, 2.05) is 18.2 Å². The average molecular weight is 257 g/mol. The van der Waals surface area contributed by atoms with Crippen molar-refractivity contribution in [3.63, 3.8) is 0 Å². The van der Waals surface area contributed by atoms with E-state index in [1.165, 1.54) is 37.9 Å². The smallest absolute Gasteiger partial charge is 0.144 e. The SMILES string of the molecule is O=C1C(CN2CCCC2)CCCC1c1ccccc1. The number of nitrogens with zero attached hydrogens (tertiary/aromatic N) is 1. The summed E-state index contributed by atoms with van der Waals surface area (Å²) < 4.78 is 0. The zero-order valence-corrected chi connectivity index (χ0v) is 11.6. The number of benzene rings is 1. The molecule has 0 amide bonds. The lowest BCUT2D eigenvalue weighted by Crippen LogP contribution is -2.36. The minimum Gasteiger partial charge on any atom is -0.303 e. The number of Topliss-reactive ketones (excluding diaryl/α,β-unsaturated/α-hetero) is 1. The van der Waals surface area contributed by atoms with Crippen LogP contribution >= 0.6 is 0 Å². The fourth-order valence-corrected chi connectivity index (χ4v) is 3.61. The number of hydrogen-bond donors (Lipinski definition) is 0. The number of carbonyl (C=O) groups is 1. The topological polar surface area (TPSA) is 20.3 Å². The second-order valence-corrected chi connectivity index (χ2v) is 6.00. The van der Waals surface area contributed by atoms with Gasteiger partial charge in [0.15, 0.2) is 0 Å². The van der Waals surface area contributed by atoms with Gasteiger partial charge in [-0.2, -0.15) is 0 Å². The van der Waals surface area contributed by atoms with E-state index in [0.717, 1.165) is 19.4 Å². The van der Waals surface area contributed by atoms with Crippen LogP contribution in [-0.2, 0) is 4.79 Å². The first-order valence-electron chi connectivity index (χ1n) is 7.65. The van der Waals surface area contributed by atoms with Gasteiger partial charge < -0.3 is 4.90 Å². The number of ketones is 1. The highest BCUT2D eigenvalue weighted by Gasteiger charge is 2.33. The maximum absolute atomic E-state index is 12.7. The van der Waals surface area contributed by atoms with E-state index in [-0.39, 0.29) is 11.8 Å². The molecule has 2 nitrogen and oxygen atoms in total. The Balaban J connectivity index is 1.68. The third kappa shape index (κ3) is 2.89. The lowest BCUT2D eigenvalue weighted by Gasteiger charge is -2.30. The molecular formula is C17H23NO. The molecular weight excluding hydrogens is 234 g/mol. The van der Waals surface area contributed by atoms with Gasteiger partial charge in [0, 0.05) is 18.4 Å². The molecule has 2 fully saturated rings. The molecule has 19 heavy (non-hydrogen) atoms. The summed E-state index contributed by atoms with van der Waals surface area (Å²) >= 11 is 0. The van der Waals surface area contributed by atoms with Crippen LogP contribution in [0.5, 0.6) is 0 Å². The number of likely N-dealkylation sites (tertiary alicyclic amines) is 1. The summed E-state index contributed by atoms with van der Waals surface area (Å²) in [5, 5.41) is 0. The Morgan fingerprint density at radius 3 is 2.47 bits per heavy atom. The zero-order chi connectivity index (χ0) is 13.1. The molecule has 1 aliphatic heterocycles. The summed E-state index contributed by atoms with van der Waals surface area (Å²) in [6, 6.07) is 10.3. The second-order valence-electron chi connectivity index (χ2n) is 6.00. The van der Waals surface area contributed by atoms with Crippen LogP contribution in [-0.4, -0.2) is 30.3 Å². The molecule has 0 aromatic heterocycles. The van der Waals surface area contributed by atoms with Crippen molar-refractivity contribution in [1.29, 1.82) is 0 Å². The Kier molecular flexibility index (Phi) is 3.97. The molecule has 2 aliphatic rings. The molecule has 2 atom stereocenters. The van der Waals surface area contributed by atoms with Crippen LogP contribution in [0.1, 0.15) is 43.6 Å². The minimum atomic E-state index is 0.155. The standard InChI is InChI=1S/C17H23NO/c19-17-15(13-18-11-4-5-12-18)9-6-10-16(17)14-7-2-1-3-8-14/h1-3,7-8,15-16H,4-6,9-13H2. The summed E-state index contributed by atoms with van der Waals surface area (Å²) in [6.45, 7) is 3.39. The van der Waals surface area contributed by atoms with Gasteiger partial charge in [0.1, 0.15) is 5.78 Å². The van der Waals surface area contributed by atoms with Gasteiger partial charge in [0.2, 0.25) is 0 Å². The Bertz CT molecular complexity index is 422. The Labute approximate surface area is 115 Å². The highest BCUT2D eigenvalue weighted by molar-refractivity contribution is 5.88. The predicted molar refractivity (Wildman–Crippen MR) is 77.2 cm³/mol. The van der Waals surface area contributed by atoms with Crippen molar-refractivity contribution in [3.05, 3.63) is 35.9 Å². The van der Waals surface area contributed by atoms with Crippen molar-refractivity contribution in [1.82, 2.24) is 4.90 Å². The molecule has 1 aliphatic carbocycles. The quantitative estimate of drug-likeness (QED) is 0.828. The molecule has 2 unspecified atom stereocenters. The normalized spacial score (nSPS) is 28.7. The number of carbonyl (C=O) groups excluding carboxylic acids is 1. The van der Waals surface area contributed by atoms with Gasteiger partial charge in [-0.05, 0) is 44.3 Å². The average Bonchev–Trinajstić information content (AvgIpc) is 2.95. The zero-order valence-electron chi connectivity index (χ0n) is 11.6. The van der Waals surface area contributed by atoms with Crippen molar-refractivity contribution < 1.29 is 4.79 Å². The summed E-state index contributed by atoms with van der Waals surface area (Å²) in [6.07, 6.45) is 5.95. The predicted octanol–water partition coefficient (Wildman–Crippen LogP) is 3.24. The molecule has 0 N–H and O–H groups in total. The van der Waals surface area contributed by atoms with E-state index in [2.05, 4.69) is 17.0 Å². The number of rotatable bonds is 3. The van der Waals surface area contributed by atoms with Crippen molar-refractivity contribution in [2.45, 2.75) is 38.0 Å². The van der Waals surface area contributed by atoms with E-state index in [1.54, 1.807) is 0 Å². The minimum absolute atomic E-state index is 0.155. The van der Waals surface area contributed by atoms with E-state index in [4.69, 9.17) is 0 Å². The van der Waals surface area contributed by atoms with Crippen LogP contribution in [0.2, 0.25) is 0 Å². The van der Waals surface area contributed by atoms with Crippen LogP contribution in [0, 0.1) is 5.92 Å². The van der Waals surface area contributed by atoms with Gasteiger partial charge in [-0.3, -0.25) is 4.79 Å². The fraction of sp³-hybridized carbons (Fsp3) is 0.588. The van der Waals surface area contributed by atoms with Gasteiger partial charge in [-0.15, -0.1) is 0 Å². The van der Waals surface area contributed by atoms with Crippen molar-refractivity contribution >= 4 is 5.78 Å². The van der Waals surface area contributed by atoms with Crippen LogP contribution in [0.15, 0.2) is 30.3 Å². The van der Waals surface area contributed by atoms with Gasteiger partial charge in [-0.1, -0.05) is 36.8 Å². The maximum atomic E-state index is 12.7. The largest absolute Gasteiger partial charge is 0.303 e. The summed E-state index contributed by atoms with van der Waals surface area (Å²) in [7, 11) is 0. The Morgan fingerprint density at radius 2 is 1.74 bits per heavy atom. The third-order valence-electron chi connectivity index (χ3n) is 4.67. The van der Waals surface area contributed by atoms with E-state index >= 15 is 0 Å². The van der Waals surface area contributed by atoms with Gasteiger partial charge >= 0.3 is 0 Å². The summed E-state index contributed by atoms with van der Waals surface area (Å²) in [4.78, 5) is 15.2. The molecule has 102 valence electrons. The summed E-state index contributed by atoms with van der Waals surface area (Å²) in [5.74, 6) is 0.920. The Hall–Kier alpha value is -1.15. The molecule has 0 bridgehead atoms. The lowest BCUT2D eigenvalue weighted by atomic mass is 9.76. The van der Waals surface area contributed by atoms with Crippen molar-refractivity contribution in [3.8, 4) is 0 Å². The van der Waals surface area contributed by atoms with Crippen LogP contribution in [0.25, 0.3) is 0 Å². The van der Waals surface area contributed by atoms with Crippen LogP contribution in [0.4, 0.5) is 0 Å². The molecule has 3 rings (SSSR count). The maximum Gasteiger partial charge on any atom is 0.144 e. The van der Waals surface area contributed by atoms with Crippen molar-refractivity contribution in [2.75, 3.05) is 19.6 Å². The number of hydrogen-bond acceptors (Lipinski definition) is 2. The molecule has 1 aromatic carbocycles. The second kappa shape index (κ2) is 5.87. The molecule has 1 saturated carbocycles. The molecule has 0 radical (unpaired) electrons. The lowest BCUT2D eigenvalue weighted by molar-refractivity contribution is -0.126. The first-order valence-corrected chi connectivity index (χ1v) is 7.65. The third-order valence-corrected chi connectivity index (χ3v) is 4.67. The van der Waals surface area contributed by atoms with Gasteiger partial charge in [0.05, 0.1) is 0 Å². The first kappa shape index (κ1) is 12.9. The van der Waals surface area contributed by atoms with E-state index in [9.17, 15) is 4.79 Å². The van der Waals surface area contributed by atoms with Gasteiger partial charge in [-0.25, -0.2) is 0 Å². The van der Waals surface area contributed by atoms with Gasteiger partial charge in [0.25, 0.3) is 0 Å². The van der Waals surface area contributed by atoms with Crippen LogP contribution < -0.4 is 0 Å². The Morgan fingerprint density at radius 1 is 1.00 bits per heavy atom. The fourth-order valence-electron chi connectivity index (χ4n) is 3.61. The molecule has 1 heterocycles. The van der Waals surface area contributed by atoms with E-state index in [0.29, 0.717) is 5.78 Å². The highest BCUT2D eigenvalue weighted by Crippen LogP contribution is 2.33. The molecule has 0 spiro atoms. The molecule has 2 heteroatoms.